The van der Waals surface area contributed by atoms with E-state index in [1.165, 1.54) is 0 Å². The molecule has 0 N–H and O–H groups in total. The van der Waals surface area contributed by atoms with E-state index in [9.17, 15) is 26.0 Å². The fourth-order valence-electron chi connectivity index (χ4n) is 2.02. The van der Waals surface area contributed by atoms with Gasteiger partial charge in [-0.2, -0.15) is 13.5 Å². The maximum absolute atomic E-state index is 14.3. The van der Waals surface area contributed by atoms with E-state index in [0.717, 1.165) is 12.3 Å². The summed E-state index contributed by atoms with van der Waals surface area (Å²) in [7, 11) is -8.70. The van der Waals surface area contributed by atoms with Crippen LogP contribution >= 0.6 is 34.8 Å². The number of hydrogen-bond acceptors (Lipinski definition) is 6. The molecule has 26 heavy (non-hydrogen) atoms. The third-order valence-corrected chi connectivity index (χ3v) is 7.19. The summed E-state index contributed by atoms with van der Waals surface area (Å²) in [6.07, 6.45) is 2.21. The SMILES string of the molecule is CS(=O)(=O)N(c1cc(-n2ncc(Cl)c(Cl)c2=O)c(F)cc1Cl)S(C)(=O)=O. The minimum Gasteiger partial charge on any atom is -0.266 e. The lowest BCUT2D eigenvalue weighted by Crippen LogP contribution is -2.35. The minimum atomic E-state index is -4.35. The summed E-state index contributed by atoms with van der Waals surface area (Å²) in [4.78, 5) is 12.1. The molecule has 0 unspecified atom stereocenters. The Morgan fingerprint density at radius 3 is 2.08 bits per heavy atom. The normalized spacial score (nSPS) is 12.2. The number of anilines is 1. The summed E-state index contributed by atoms with van der Waals surface area (Å²) in [6, 6.07) is 1.39. The van der Waals surface area contributed by atoms with E-state index in [2.05, 4.69) is 5.10 Å². The molecule has 8 nitrogen and oxygen atoms in total. The zero-order valence-corrected chi connectivity index (χ0v) is 16.8. The van der Waals surface area contributed by atoms with Gasteiger partial charge in [-0.25, -0.2) is 21.2 Å². The van der Waals surface area contributed by atoms with Crippen LogP contribution < -0.4 is 9.27 Å². The van der Waals surface area contributed by atoms with Gasteiger partial charge < -0.3 is 0 Å². The largest absolute Gasteiger partial charge is 0.291 e. The highest BCUT2D eigenvalue weighted by Gasteiger charge is 2.30. The number of rotatable bonds is 4. The van der Waals surface area contributed by atoms with Gasteiger partial charge in [0.25, 0.3) is 5.56 Å². The molecular weight excluding hydrogens is 456 g/mol. The third kappa shape index (κ3) is 3.96. The molecule has 0 saturated heterocycles. The van der Waals surface area contributed by atoms with E-state index >= 15 is 0 Å². The molecule has 0 amide bonds. The van der Waals surface area contributed by atoms with Gasteiger partial charge in [-0.05, 0) is 12.1 Å². The maximum Gasteiger partial charge on any atom is 0.291 e. The van der Waals surface area contributed by atoms with Gasteiger partial charge in [-0.1, -0.05) is 34.8 Å². The molecule has 0 aliphatic carbocycles. The predicted octanol–water partition coefficient (Wildman–Crippen LogP) is 2.06. The average Bonchev–Trinajstić information content (AvgIpc) is 2.45. The van der Waals surface area contributed by atoms with Gasteiger partial charge in [-0.15, -0.1) is 0 Å². The number of sulfonamides is 2. The Kier molecular flexibility index (Phi) is 5.60. The molecule has 0 aliphatic rings. The van der Waals surface area contributed by atoms with Crippen molar-refractivity contribution in [2.24, 2.45) is 0 Å². The van der Waals surface area contributed by atoms with Gasteiger partial charge in [0.1, 0.15) is 10.7 Å². The highest BCUT2D eigenvalue weighted by molar-refractivity contribution is 8.09. The molecule has 1 heterocycles. The lowest BCUT2D eigenvalue weighted by Gasteiger charge is -2.22. The van der Waals surface area contributed by atoms with Crippen LogP contribution in [0.3, 0.4) is 0 Å². The number of hydrogen-bond donors (Lipinski definition) is 0. The highest BCUT2D eigenvalue weighted by Crippen LogP contribution is 2.33. The molecule has 2 aromatic rings. The van der Waals surface area contributed by atoms with Gasteiger partial charge in [0, 0.05) is 0 Å². The van der Waals surface area contributed by atoms with Crippen LogP contribution in [-0.4, -0.2) is 39.1 Å². The third-order valence-electron chi connectivity index (χ3n) is 2.92. The molecule has 1 aromatic heterocycles. The molecule has 1 aromatic carbocycles. The molecule has 0 spiro atoms. The fraction of sp³-hybridized carbons (Fsp3) is 0.167. The molecule has 14 heteroatoms. The van der Waals surface area contributed by atoms with Crippen molar-refractivity contribution in [3.63, 3.8) is 0 Å². The van der Waals surface area contributed by atoms with E-state index < -0.39 is 52.8 Å². The maximum atomic E-state index is 14.3. The van der Waals surface area contributed by atoms with E-state index in [1.807, 2.05) is 0 Å². The molecular formula is C12H9Cl3FN3O5S2. The first-order valence-corrected chi connectivity index (χ1v) is 11.2. The first-order valence-electron chi connectivity index (χ1n) is 6.38. The van der Waals surface area contributed by atoms with Crippen LogP contribution in [0, 0.1) is 5.82 Å². The monoisotopic (exact) mass is 463 g/mol. The number of nitrogens with zero attached hydrogens (tertiary/aromatic N) is 3. The van der Waals surface area contributed by atoms with E-state index in [-0.39, 0.29) is 8.73 Å². The van der Waals surface area contributed by atoms with Crippen molar-refractivity contribution in [2.45, 2.75) is 0 Å². The Balaban J connectivity index is 2.88. The Bertz CT molecular complexity index is 1130. The Labute approximate surface area is 162 Å². The fourth-order valence-corrected chi connectivity index (χ4v) is 5.59. The van der Waals surface area contributed by atoms with E-state index in [4.69, 9.17) is 34.8 Å². The van der Waals surface area contributed by atoms with Crippen LogP contribution in [0.5, 0.6) is 0 Å². The molecule has 142 valence electrons. The van der Waals surface area contributed by atoms with Gasteiger partial charge in [0.15, 0.2) is 5.82 Å². The van der Waals surface area contributed by atoms with Crippen LogP contribution in [-0.2, 0) is 20.0 Å². The van der Waals surface area contributed by atoms with Crippen LogP contribution in [0.15, 0.2) is 23.1 Å². The van der Waals surface area contributed by atoms with Crippen molar-refractivity contribution in [2.75, 3.05) is 16.2 Å². The second kappa shape index (κ2) is 6.97. The first-order chi connectivity index (χ1) is 11.7. The summed E-state index contributed by atoms with van der Waals surface area (Å²) < 4.78 is 62.4. The quantitative estimate of drug-likeness (QED) is 0.685. The summed E-state index contributed by atoms with van der Waals surface area (Å²) in [5.41, 5.74) is -2.17. The molecule has 0 atom stereocenters. The molecule has 0 saturated carbocycles. The molecule has 0 fully saturated rings. The number of halogens is 4. The topological polar surface area (TPSA) is 106 Å². The van der Waals surface area contributed by atoms with E-state index in [1.54, 1.807) is 0 Å². The van der Waals surface area contributed by atoms with Crippen LogP contribution in [0.2, 0.25) is 15.1 Å². The van der Waals surface area contributed by atoms with Crippen molar-refractivity contribution in [1.82, 2.24) is 9.78 Å². The Morgan fingerprint density at radius 1 is 1.04 bits per heavy atom. The Hall–Kier alpha value is -1.40. The highest BCUT2D eigenvalue weighted by atomic mass is 35.5. The molecule has 2 rings (SSSR count). The second-order valence-electron chi connectivity index (χ2n) is 5.00. The number of benzene rings is 1. The second-order valence-corrected chi connectivity index (χ2v) is 10.1. The minimum absolute atomic E-state index is 0.00777. The summed E-state index contributed by atoms with van der Waals surface area (Å²) in [5, 5.41) is 2.45. The average molecular weight is 465 g/mol. The van der Waals surface area contributed by atoms with Crippen LogP contribution in [0.4, 0.5) is 10.1 Å². The van der Waals surface area contributed by atoms with Crippen molar-refractivity contribution >= 4 is 60.5 Å². The van der Waals surface area contributed by atoms with Crippen molar-refractivity contribution in [3.8, 4) is 5.69 Å². The van der Waals surface area contributed by atoms with Crippen molar-refractivity contribution < 1.29 is 21.2 Å². The number of aromatic nitrogens is 2. The lowest BCUT2D eigenvalue weighted by molar-refractivity contribution is 0.589. The summed E-state index contributed by atoms with van der Waals surface area (Å²) in [6.45, 7) is 0. The Morgan fingerprint density at radius 2 is 1.58 bits per heavy atom. The molecule has 0 bridgehead atoms. The van der Waals surface area contributed by atoms with Gasteiger partial charge in [0.2, 0.25) is 20.0 Å². The summed E-state index contributed by atoms with van der Waals surface area (Å²) >= 11 is 17.2. The van der Waals surface area contributed by atoms with Crippen molar-refractivity contribution in [3.05, 3.63) is 49.6 Å². The van der Waals surface area contributed by atoms with Gasteiger partial charge in [-0.3, -0.25) is 4.79 Å². The molecule has 0 aliphatic heterocycles. The van der Waals surface area contributed by atoms with Gasteiger partial charge in [0.05, 0.1) is 34.4 Å². The first kappa shape index (κ1) is 20.9. The standard InChI is InChI=1S/C12H9Cl3FN3O5S2/c1-25(21,22)19(26(2,23)24)9-4-10(8(16)3-6(9)13)18-12(20)11(15)7(14)5-17-18/h3-5H,1-2H3. The summed E-state index contributed by atoms with van der Waals surface area (Å²) in [5.74, 6) is -1.08. The predicted molar refractivity (Wildman–Crippen MR) is 97.0 cm³/mol. The lowest BCUT2D eigenvalue weighted by atomic mass is 10.2. The van der Waals surface area contributed by atoms with Gasteiger partial charge >= 0.3 is 0 Å². The molecule has 0 radical (unpaired) electrons. The van der Waals surface area contributed by atoms with Crippen LogP contribution in [0.1, 0.15) is 0 Å². The van der Waals surface area contributed by atoms with Crippen LogP contribution in [0.25, 0.3) is 5.69 Å². The van der Waals surface area contributed by atoms with E-state index in [0.29, 0.717) is 23.3 Å². The van der Waals surface area contributed by atoms with Crippen molar-refractivity contribution in [1.29, 1.82) is 0 Å². The smallest absolute Gasteiger partial charge is 0.266 e. The zero-order valence-electron chi connectivity index (χ0n) is 12.9. The zero-order chi connectivity index (χ0) is 20.0.